The highest BCUT2D eigenvalue weighted by atomic mass is 32.2. The smallest absolute Gasteiger partial charge is 0.270 e. The first-order chi connectivity index (χ1) is 10.2. The summed E-state index contributed by atoms with van der Waals surface area (Å²) in [6.45, 7) is 2.31. The second-order valence-corrected chi connectivity index (χ2v) is 7.94. The largest absolute Gasteiger partial charge is 0.368 e. The van der Waals surface area contributed by atoms with E-state index in [4.69, 9.17) is 0 Å². The fourth-order valence-corrected chi connectivity index (χ4v) is 3.58. The summed E-state index contributed by atoms with van der Waals surface area (Å²) in [5.74, 6) is 0. The van der Waals surface area contributed by atoms with Crippen LogP contribution in [0.25, 0.3) is 0 Å². The van der Waals surface area contributed by atoms with Crippen LogP contribution in [0.5, 0.6) is 0 Å². The minimum Gasteiger partial charge on any atom is -0.368 e. The Labute approximate surface area is 132 Å². The van der Waals surface area contributed by atoms with E-state index in [0.717, 1.165) is 23.0 Å². The van der Waals surface area contributed by atoms with Crippen molar-refractivity contribution in [3.05, 3.63) is 44.4 Å². The van der Waals surface area contributed by atoms with Gasteiger partial charge in [-0.05, 0) is 13.0 Å². The number of aryl methyl sites for hydroxylation is 1. The molecule has 0 aliphatic heterocycles. The van der Waals surface area contributed by atoms with E-state index in [-0.39, 0.29) is 10.6 Å². The normalized spacial score (nSPS) is 11.4. The molecule has 0 saturated heterocycles. The van der Waals surface area contributed by atoms with Crippen LogP contribution in [0.2, 0.25) is 0 Å². The maximum absolute atomic E-state index is 11.9. The van der Waals surface area contributed by atoms with Crippen LogP contribution in [0.15, 0.2) is 28.5 Å². The van der Waals surface area contributed by atoms with Crippen LogP contribution in [0.3, 0.4) is 0 Å². The number of aromatic nitrogens is 1. The molecule has 0 radical (unpaired) electrons. The van der Waals surface area contributed by atoms with Crippen molar-refractivity contribution in [1.29, 1.82) is 0 Å². The predicted molar refractivity (Wildman–Crippen MR) is 85.2 cm³/mol. The molecule has 1 aromatic heterocycles. The molecule has 0 bridgehead atoms. The van der Waals surface area contributed by atoms with Crippen molar-refractivity contribution in [3.8, 4) is 0 Å². The maximum atomic E-state index is 11.9. The second-order valence-electron chi connectivity index (χ2n) is 4.90. The van der Waals surface area contributed by atoms with Crippen LogP contribution in [-0.4, -0.2) is 31.6 Å². The summed E-state index contributed by atoms with van der Waals surface area (Å²) >= 11 is 1.51. The molecule has 0 aliphatic rings. The first-order valence-electron chi connectivity index (χ1n) is 6.29. The molecule has 118 valence electrons. The van der Waals surface area contributed by atoms with Crippen LogP contribution in [0.1, 0.15) is 10.7 Å². The summed E-state index contributed by atoms with van der Waals surface area (Å²) in [6, 6.07) is 3.84. The van der Waals surface area contributed by atoms with Gasteiger partial charge in [-0.1, -0.05) is 0 Å². The number of nitro groups is 1. The highest BCUT2D eigenvalue weighted by Crippen LogP contribution is 2.29. The molecule has 0 N–H and O–H groups in total. The summed E-state index contributed by atoms with van der Waals surface area (Å²) in [4.78, 5) is 16.2. The van der Waals surface area contributed by atoms with Crippen LogP contribution in [0.4, 0.5) is 11.4 Å². The molecule has 2 rings (SSSR count). The number of rotatable bonds is 5. The lowest BCUT2D eigenvalue weighted by Crippen LogP contribution is -2.19. The van der Waals surface area contributed by atoms with Crippen molar-refractivity contribution < 1.29 is 13.3 Å². The van der Waals surface area contributed by atoms with Crippen molar-refractivity contribution in [2.75, 3.05) is 18.2 Å². The van der Waals surface area contributed by atoms with Gasteiger partial charge < -0.3 is 4.90 Å². The maximum Gasteiger partial charge on any atom is 0.270 e. The van der Waals surface area contributed by atoms with Gasteiger partial charge in [0.1, 0.15) is 0 Å². The zero-order valence-electron chi connectivity index (χ0n) is 12.3. The summed E-state index contributed by atoms with van der Waals surface area (Å²) in [5, 5.41) is 13.7. The van der Waals surface area contributed by atoms with Gasteiger partial charge in [-0.3, -0.25) is 10.1 Å². The number of thiazole rings is 1. The standard InChI is InChI=1S/C13H15N3O4S2/c1-9-14-10(8-21-9)7-15(2)12-5-4-11(16(17)18)6-13(12)22(3,19)20/h4-6,8H,7H2,1-3H3. The topological polar surface area (TPSA) is 93.4 Å². The highest BCUT2D eigenvalue weighted by molar-refractivity contribution is 7.90. The highest BCUT2D eigenvalue weighted by Gasteiger charge is 2.21. The Morgan fingerprint density at radius 2 is 2.09 bits per heavy atom. The average molecular weight is 341 g/mol. The number of hydrogen-bond donors (Lipinski definition) is 0. The SMILES string of the molecule is Cc1nc(CN(C)c2ccc([N+](=O)[O-])cc2S(C)(=O)=O)cs1. The lowest BCUT2D eigenvalue weighted by Gasteiger charge is -2.20. The lowest BCUT2D eigenvalue weighted by atomic mass is 10.2. The van der Waals surface area contributed by atoms with Crippen molar-refractivity contribution in [2.24, 2.45) is 0 Å². The zero-order chi connectivity index (χ0) is 16.5. The molecule has 22 heavy (non-hydrogen) atoms. The monoisotopic (exact) mass is 341 g/mol. The van der Waals surface area contributed by atoms with Gasteiger partial charge in [0.2, 0.25) is 0 Å². The molecule has 0 aliphatic carbocycles. The van der Waals surface area contributed by atoms with E-state index < -0.39 is 14.8 Å². The molecule has 0 amide bonds. The third-order valence-electron chi connectivity index (χ3n) is 3.03. The van der Waals surface area contributed by atoms with Crippen LogP contribution < -0.4 is 4.90 Å². The van der Waals surface area contributed by atoms with Gasteiger partial charge in [0.25, 0.3) is 5.69 Å². The molecular formula is C13H15N3O4S2. The minimum atomic E-state index is -3.59. The van der Waals surface area contributed by atoms with Crippen LogP contribution >= 0.6 is 11.3 Å². The average Bonchev–Trinajstić information content (AvgIpc) is 2.82. The number of anilines is 1. The molecule has 7 nitrogen and oxygen atoms in total. The van der Waals surface area contributed by atoms with Gasteiger partial charge in [0, 0.05) is 30.8 Å². The van der Waals surface area contributed by atoms with Gasteiger partial charge in [-0.25, -0.2) is 13.4 Å². The summed E-state index contributed by atoms with van der Waals surface area (Å²) in [6.07, 6.45) is 1.04. The van der Waals surface area contributed by atoms with E-state index in [1.807, 2.05) is 12.3 Å². The molecule has 9 heteroatoms. The van der Waals surface area contributed by atoms with Crippen LogP contribution in [-0.2, 0) is 16.4 Å². The second kappa shape index (κ2) is 6.01. The first-order valence-corrected chi connectivity index (χ1v) is 9.06. The molecule has 0 atom stereocenters. The van der Waals surface area contributed by atoms with Gasteiger partial charge in [0.05, 0.1) is 32.8 Å². The quantitative estimate of drug-likeness (QED) is 0.612. The van der Waals surface area contributed by atoms with E-state index >= 15 is 0 Å². The molecule has 1 aromatic carbocycles. The Kier molecular flexibility index (Phi) is 4.47. The van der Waals surface area contributed by atoms with E-state index in [1.54, 1.807) is 11.9 Å². The Hall–Kier alpha value is -2.00. The Bertz CT molecular complexity index is 814. The number of sulfone groups is 1. The number of hydrogen-bond acceptors (Lipinski definition) is 7. The number of nitrogens with zero attached hydrogens (tertiary/aromatic N) is 3. The van der Waals surface area contributed by atoms with Crippen molar-refractivity contribution in [1.82, 2.24) is 4.98 Å². The molecule has 1 heterocycles. The predicted octanol–water partition coefficient (Wildman–Crippen LogP) is 2.40. The van der Waals surface area contributed by atoms with Gasteiger partial charge in [-0.2, -0.15) is 0 Å². The van der Waals surface area contributed by atoms with E-state index in [9.17, 15) is 18.5 Å². The zero-order valence-corrected chi connectivity index (χ0v) is 13.9. The minimum absolute atomic E-state index is 0.0591. The van der Waals surface area contributed by atoms with Crippen molar-refractivity contribution in [2.45, 2.75) is 18.4 Å². The molecule has 0 saturated carbocycles. The van der Waals surface area contributed by atoms with E-state index in [2.05, 4.69) is 4.98 Å². The fraction of sp³-hybridized carbons (Fsp3) is 0.308. The van der Waals surface area contributed by atoms with Gasteiger partial charge in [0.15, 0.2) is 9.84 Å². The molecule has 0 spiro atoms. The van der Waals surface area contributed by atoms with Gasteiger partial charge in [-0.15, -0.1) is 11.3 Å². The van der Waals surface area contributed by atoms with Crippen LogP contribution in [0, 0.1) is 17.0 Å². The van der Waals surface area contributed by atoms with Gasteiger partial charge >= 0.3 is 0 Å². The first kappa shape index (κ1) is 16.4. The Morgan fingerprint density at radius 3 is 2.59 bits per heavy atom. The molecule has 0 fully saturated rings. The van der Waals surface area contributed by atoms with E-state index in [0.29, 0.717) is 12.2 Å². The van der Waals surface area contributed by atoms with Crippen molar-refractivity contribution >= 4 is 32.5 Å². The third-order valence-corrected chi connectivity index (χ3v) is 4.98. The number of benzene rings is 1. The Balaban J connectivity index is 2.43. The summed E-state index contributed by atoms with van der Waals surface area (Å²) in [5.41, 5.74) is 0.989. The Morgan fingerprint density at radius 1 is 1.41 bits per heavy atom. The number of nitro benzene ring substituents is 1. The summed E-state index contributed by atoms with van der Waals surface area (Å²) < 4.78 is 23.9. The van der Waals surface area contributed by atoms with E-state index in [1.165, 1.54) is 23.5 Å². The fourth-order valence-electron chi connectivity index (χ4n) is 2.04. The van der Waals surface area contributed by atoms with Crippen molar-refractivity contribution in [3.63, 3.8) is 0 Å². The molecule has 0 unspecified atom stereocenters. The summed E-state index contributed by atoms with van der Waals surface area (Å²) in [7, 11) is -1.86. The molecule has 2 aromatic rings. The number of non-ortho nitro benzene ring substituents is 1. The lowest BCUT2D eigenvalue weighted by molar-refractivity contribution is -0.385. The molecular weight excluding hydrogens is 326 g/mol. The third kappa shape index (κ3) is 3.60.